The molecule has 4 nitrogen and oxygen atoms in total. The minimum absolute atomic E-state index is 0.0798. The maximum Gasteiger partial charge on any atom is 0.259 e. The summed E-state index contributed by atoms with van der Waals surface area (Å²) in [4.78, 5) is 29.0. The van der Waals surface area contributed by atoms with Gasteiger partial charge in [0.25, 0.3) is 5.91 Å². The van der Waals surface area contributed by atoms with Crippen LogP contribution in [0, 0.1) is 0 Å². The molecular formula is C18H16Cl2N2O2. The summed E-state index contributed by atoms with van der Waals surface area (Å²) >= 11 is 12.0. The van der Waals surface area contributed by atoms with Crippen molar-refractivity contribution < 1.29 is 9.59 Å². The van der Waals surface area contributed by atoms with Crippen LogP contribution in [0.15, 0.2) is 30.3 Å². The molecule has 1 N–H and O–H groups in total. The van der Waals surface area contributed by atoms with Gasteiger partial charge < -0.3 is 0 Å². The van der Waals surface area contributed by atoms with E-state index in [4.69, 9.17) is 23.2 Å². The highest BCUT2D eigenvalue weighted by atomic mass is 35.5. The first-order chi connectivity index (χ1) is 11.2. The molecule has 6 heteroatoms. The number of pyridine rings is 1. The van der Waals surface area contributed by atoms with Gasteiger partial charge in [-0.25, -0.2) is 4.98 Å². The van der Waals surface area contributed by atoms with E-state index in [2.05, 4.69) is 31.1 Å². The number of hydrogen-bond acceptors (Lipinski definition) is 3. The zero-order valence-corrected chi connectivity index (χ0v) is 15.0. The maximum absolute atomic E-state index is 12.6. The topological polar surface area (TPSA) is 59.1 Å². The average Bonchev–Trinajstić information content (AvgIpc) is 2.49. The van der Waals surface area contributed by atoms with Gasteiger partial charge in [0, 0.05) is 0 Å². The van der Waals surface area contributed by atoms with E-state index in [0.29, 0.717) is 5.69 Å². The van der Waals surface area contributed by atoms with Crippen molar-refractivity contribution in [3.05, 3.63) is 62.9 Å². The van der Waals surface area contributed by atoms with E-state index >= 15 is 0 Å². The molecule has 1 aromatic carbocycles. The summed E-state index contributed by atoms with van der Waals surface area (Å²) in [6.45, 7) is 6.21. The highest BCUT2D eigenvalue weighted by Gasteiger charge is 2.38. The fourth-order valence-corrected chi connectivity index (χ4v) is 3.27. The number of carbonyl (C=O) groups excluding carboxylic acids is 2. The van der Waals surface area contributed by atoms with Crippen molar-refractivity contribution in [3.63, 3.8) is 0 Å². The zero-order valence-electron chi connectivity index (χ0n) is 13.5. The molecule has 124 valence electrons. The summed E-state index contributed by atoms with van der Waals surface area (Å²) in [5.41, 5.74) is 2.27. The van der Waals surface area contributed by atoms with Gasteiger partial charge in [-0.3, -0.25) is 14.9 Å². The molecule has 2 heterocycles. The molecule has 1 atom stereocenters. The van der Waals surface area contributed by atoms with E-state index in [-0.39, 0.29) is 21.2 Å². The molecule has 1 aliphatic heterocycles. The monoisotopic (exact) mass is 362 g/mol. The zero-order chi connectivity index (χ0) is 17.6. The molecule has 1 unspecified atom stereocenters. The Labute approximate surface area is 150 Å². The number of imide groups is 1. The van der Waals surface area contributed by atoms with Crippen molar-refractivity contribution in [2.24, 2.45) is 0 Å². The number of fused-ring (bicyclic) bond motifs is 1. The van der Waals surface area contributed by atoms with Crippen LogP contribution in [0.4, 0.5) is 0 Å². The molecule has 24 heavy (non-hydrogen) atoms. The molecular weight excluding hydrogens is 347 g/mol. The van der Waals surface area contributed by atoms with E-state index in [1.54, 1.807) is 0 Å². The van der Waals surface area contributed by atoms with Crippen molar-refractivity contribution in [2.45, 2.75) is 32.1 Å². The molecule has 3 rings (SSSR count). The standard InChI is InChI=1S/C18H16Cl2N2O2/c1-18(2,3)11-7-5-4-6-9(11)13-14-10(16(23)22-17(13)24)8-12(19)15(20)21-14/h4-8,13H,1-3H3,(H,22,23,24). The summed E-state index contributed by atoms with van der Waals surface area (Å²) < 4.78 is 0. The highest BCUT2D eigenvalue weighted by Crippen LogP contribution is 2.38. The third-order valence-corrected chi connectivity index (χ3v) is 4.73. The Morgan fingerprint density at radius 3 is 2.46 bits per heavy atom. The van der Waals surface area contributed by atoms with E-state index in [1.165, 1.54) is 6.07 Å². The predicted molar refractivity (Wildman–Crippen MR) is 93.7 cm³/mol. The van der Waals surface area contributed by atoms with Crippen molar-refractivity contribution in [1.82, 2.24) is 10.3 Å². The average molecular weight is 363 g/mol. The van der Waals surface area contributed by atoms with Gasteiger partial charge in [0.1, 0.15) is 11.1 Å². The molecule has 0 saturated carbocycles. The number of rotatable bonds is 1. The van der Waals surface area contributed by atoms with Crippen LogP contribution >= 0.6 is 23.2 Å². The lowest BCUT2D eigenvalue weighted by atomic mass is 9.77. The molecule has 2 amide bonds. The first kappa shape index (κ1) is 16.9. The van der Waals surface area contributed by atoms with Crippen LogP contribution in [-0.4, -0.2) is 16.8 Å². The van der Waals surface area contributed by atoms with Gasteiger partial charge in [-0.15, -0.1) is 0 Å². The van der Waals surface area contributed by atoms with Crippen LogP contribution in [0.3, 0.4) is 0 Å². The lowest BCUT2D eigenvalue weighted by Crippen LogP contribution is -2.42. The van der Waals surface area contributed by atoms with Crippen molar-refractivity contribution in [2.75, 3.05) is 0 Å². The van der Waals surface area contributed by atoms with E-state index in [0.717, 1.165) is 11.1 Å². The lowest BCUT2D eigenvalue weighted by molar-refractivity contribution is -0.121. The van der Waals surface area contributed by atoms with E-state index in [1.807, 2.05) is 24.3 Å². The van der Waals surface area contributed by atoms with Gasteiger partial charge in [0.05, 0.1) is 16.3 Å². The van der Waals surface area contributed by atoms with Gasteiger partial charge in [-0.1, -0.05) is 68.2 Å². The Kier molecular flexibility index (Phi) is 4.14. The third kappa shape index (κ3) is 2.80. The van der Waals surface area contributed by atoms with Crippen LogP contribution < -0.4 is 5.32 Å². The van der Waals surface area contributed by atoms with Crippen molar-refractivity contribution >= 4 is 35.0 Å². The predicted octanol–water partition coefficient (Wildman–Crippen LogP) is 4.09. The number of nitrogens with zero attached hydrogens (tertiary/aromatic N) is 1. The van der Waals surface area contributed by atoms with Crippen LogP contribution in [0.5, 0.6) is 0 Å². The molecule has 0 spiro atoms. The number of aromatic nitrogens is 1. The van der Waals surface area contributed by atoms with Crippen molar-refractivity contribution in [1.29, 1.82) is 0 Å². The normalized spacial score (nSPS) is 17.5. The van der Waals surface area contributed by atoms with Gasteiger partial charge >= 0.3 is 0 Å². The fraction of sp³-hybridized carbons (Fsp3) is 0.278. The second-order valence-corrected chi connectivity index (χ2v) is 7.55. The molecule has 0 radical (unpaired) electrons. The number of amides is 2. The maximum atomic E-state index is 12.6. The Morgan fingerprint density at radius 1 is 1.12 bits per heavy atom. The molecule has 0 bridgehead atoms. The van der Waals surface area contributed by atoms with Gasteiger partial charge in [0.15, 0.2) is 0 Å². The second kappa shape index (κ2) is 5.87. The Morgan fingerprint density at radius 2 is 1.79 bits per heavy atom. The molecule has 0 aliphatic carbocycles. The SMILES string of the molecule is CC(C)(C)c1ccccc1C1C(=O)NC(=O)c2cc(Cl)c(Cl)nc21. The highest BCUT2D eigenvalue weighted by molar-refractivity contribution is 6.41. The van der Waals surface area contributed by atoms with E-state index < -0.39 is 17.7 Å². The first-order valence-corrected chi connectivity index (χ1v) is 8.26. The Balaban J connectivity index is 2.28. The molecule has 1 aliphatic rings. The Bertz CT molecular complexity index is 857. The summed E-state index contributed by atoms with van der Waals surface area (Å²) in [6.07, 6.45) is 0. The summed E-state index contributed by atoms with van der Waals surface area (Å²) in [6, 6.07) is 9.12. The van der Waals surface area contributed by atoms with Gasteiger partial charge in [-0.2, -0.15) is 0 Å². The molecule has 0 fully saturated rings. The van der Waals surface area contributed by atoms with Crippen LogP contribution in [0.25, 0.3) is 0 Å². The van der Waals surface area contributed by atoms with Gasteiger partial charge in [0.2, 0.25) is 5.91 Å². The largest absolute Gasteiger partial charge is 0.291 e. The minimum atomic E-state index is -0.706. The smallest absolute Gasteiger partial charge is 0.259 e. The lowest BCUT2D eigenvalue weighted by Gasteiger charge is -2.29. The second-order valence-electron chi connectivity index (χ2n) is 6.78. The summed E-state index contributed by atoms with van der Waals surface area (Å²) in [5, 5.41) is 2.65. The van der Waals surface area contributed by atoms with E-state index in [9.17, 15) is 9.59 Å². The van der Waals surface area contributed by atoms with Crippen LogP contribution in [0.1, 0.15) is 53.9 Å². The number of carbonyl (C=O) groups is 2. The third-order valence-electron chi connectivity index (χ3n) is 4.06. The first-order valence-electron chi connectivity index (χ1n) is 7.50. The van der Waals surface area contributed by atoms with Crippen LogP contribution in [0.2, 0.25) is 10.2 Å². The van der Waals surface area contributed by atoms with Gasteiger partial charge in [-0.05, 0) is 22.6 Å². The minimum Gasteiger partial charge on any atom is -0.291 e. The summed E-state index contributed by atoms with van der Waals surface area (Å²) in [5.74, 6) is -1.62. The molecule has 0 saturated heterocycles. The Hall–Kier alpha value is -1.91. The van der Waals surface area contributed by atoms with Crippen molar-refractivity contribution in [3.8, 4) is 0 Å². The number of benzene rings is 1. The number of hydrogen-bond donors (Lipinski definition) is 1. The number of nitrogens with one attached hydrogen (secondary N) is 1. The number of halogens is 2. The fourth-order valence-electron chi connectivity index (χ4n) is 2.98. The van der Waals surface area contributed by atoms with Crippen LogP contribution in [-0.2, 0) is 10.2 Å². The quantitative estimate of drug-likeness (QED) is 0.613. The summed E-state index contributed by atoms with van der Waals surface area (Å²) in [7, 11) is 0. The molecule has 2 aromatic rings. The molecule has 1 aromatic heterocycles.